The second-order valence-corrected chi connectivity index (χ2v) is 8.06. The summed E-state index contributed by atoms with van der Waals surface area (Å²) < 4.78 is 21.0. The highest BCUT2D eigenvalue weighted by atomic mass is 35.5. The van der Waals surface area contributed by atoms with Crippen LogP contribution in [0.4, 0.5) is 4.39 Å². The molecule has 0 bridgehead atoms. The summed E-state index contributed by atoms with van der Waals surface area (Å²) in [5, 5.41) is 10.2. The number of carbonyl (C=O) groups is 1. The van der Waals surface area contributed by atoms with E-state index in [-0.39, 0.29) is 29.4 Å². The fraction of sp³-hybridized carbons (Fsp3) is 0.269. The van der Waals surface area contributed by atoms with E-state index in [0.717, 1.165) is 17.5 Å². The van der Waals surface area contributed by atoms with E-state index < -0.39 is 11.9 Å². The van der Waals surface area contributed by atoms with E-state index >= 15 is 4.39 Å². The van der Waals surface area contributed by atoms with Gasteiger partial charge in [-0.3, -0.25) is 4.79 Å². The quantitative estimate of drug-likeness (QED) is 0.391. The predicted molar refractivity (Wildman–Crippen MR) is 126 cm³/mol. The predicted octanol–water partition coefficient (Wildman–Crippen LogP) is 5.59. The van der Waals surface area contributed by atoms with Crippen LogP contribution in [-0.2, 0) is 0 Å². The van der Waals surface area contributed by atoms with Gasteiger partial charge >= 0.3 is 0 Å². The van der Waals surface area contributed by atoms with Crippen molar-refractivity contribution < 1.29 is 19.0 Å². The number of aliphatic hydroxyl groups is 1. The molecule has 0 aliphatic carbocycles. The minimum absolute atomic E-state index is 0.0400. The summed E-state index contributed by atoms with van der Waals surface area (Å²) in [6, 6.07) is 18.0. The second kappa shape index (κ2) is 11.2. The van der Waals surface area contributed by atoms with Crippen LogP contribution in [0, 0.1) is 5.82 Å². The van der Waals surface area contributed by atoms with E-state index in [1.807, 2.05) is 43.3 Å². The zero-order chi connectivity index (χ0) is 23.1. The smallest absolute Gasteiger partial charge is 0.173 e. The molecule has 3 aromatic rings. The van der Waals surface area contributed by atoms with Gasteiger partial charge in [-0.1, -0.05) is 61.3 Å². The maximum Gasteiger partial charge on any atom is 0.173 e. The first kappa shape index (κ1) is 23.9. The Morgan fingerprint density at radius 3 is 2.53 bits per heavy atom. The summed E-state index contributed by atoms with van der Waals surface area (Å²) in [7, 11) is 0. The average molecular weight is 456 g/mol. The minimum Gasteiger partial charge on any atom is -0.488 e. The maximum atomic E-state index is 15.5. The van der Waals surface area contributed by atoms with Gasteiger partial charge in [-0.25, -0.2) is 4.39 Å². The van der Waals surface area contributed by atoms with E-state index in [9.17, 15) is 9.90 Å². The van der Waals surface area contributed by atoms with Gasteiger partial charge in [-0.15, -0.1) is 0 Å². The standard InChI is InChI=1S/C26H27ClFNO3/c1-2-6-20(31)16-32-24-12-10-19(15-30)25(26(24)28)21-13-18(9-11-23(21)27)22(14-29)17-7-4-3-5-8-17/h3-5,7-13,15,20,22,31H,2,6,14,16,29H2,1H3. The summed E-state index contributed by atoms with van der Waals surface area (Å²) in [4.78, 5) is 11.7. The Morgan fingerprint density at radius 1 is 1.12 bits per heavy atom. The fourth-order valence-corrected chi connectivity index (χ4v) is 3.97. The maximum absolute atomic E-state index is 15.5. The molecule has 168 valence electrons. The molecule has 0 saturated carbocycles. The Kier molecular flexibility index (Phi) is 8.39. The summed E-state index contributed by atoms with van der Waals surface area (Å²) in [6.07, 6.45) is 1.23. The highest BCUT2D eigenvalue weighted by Crippen LogP contribution is 2.38. The van der Waals surface area contributed by atoms with Crippen LogP contribution in [-0.4, -0.2) is 30.6 Å². The molecule has 3 aromatic carbocycles. The Balaban J connectivity index is 2.05. The first-order valence-corrected chi connectivity index (χ1v) is 11.0. The molecule has 0 heterocycles. The van der Waals surface area contributed by atoms with Gasteiger partial charge in [0.25, 0.3) is 0 Å². The van der Waals surface area contributed by atoms with Crippen molar-refractivity contribution in [2.75, 3.05) is 13.2 Å². The second-order valence-electron chi connectivity index (χ2n) is 7.65. The molecule has 0 aliphatic rings. The molecule has 0 amide bonds. The van der Waals surface area contributed by atoms with Crippen LogP contribution in [0.15, 0.2) is 60.7 Å². The van der Waals surface area contributed by atoms with Crippen molar-refractivity contribution in [2.45, 2.75) is 31.8 Å². The highest BCUT2D eigenvalue weighted by Gasteiger charge is 2.21. The van der Waals surface area contributed by atoms with Crippen molar-refractivity contribution in [2.24, 2.45) is 5.73 Å². The van der Waals surface area contributed by atoms with Gasteiger partial charge < -0.3 is 15.6 Å². The molecule has 2 unspecified atom stereocenters. The first-order valence-electron chi connectivity index (χ1n) is 10.6. The topological polar surface area (TPSA) is 72.5 Å². The lowest BCUT2D eigenvalue weighted by atomic mass is 9.88. The molecule has 32 heavy (non-hydrogen) atoms. The van der Waals surface area contributed by atoms with Crippen LogP contribution in [0.1, 0.15) is 47.2 Å². The summed E-state index contributed by atoms with van der Waals surface area (Å²) in [6.45, 7) is 2.26. The summed E-state index contributed by atoms with van der Waals surface area (Å²) in [5.74, 6) is -0.847. The van der Waals surface area contributed by atoms with Crippen LogP contribution >= 0.6 is 11.6 Å². The fourth-order valence-electron chi connectivity index (χ4n) is 3.76. The van der Waals surface area contributed by atoms with E-state index in [1.54, 1.807) is 12.1 Å². The van der Waals surface area contributed by atoms with Crippen molar-refractivity contribution in [1.82, 2.24) is 0 Å². The van der Waals surface area contributed by atoms with E-state index in [2.05, 4.69) is 0 Å². The molecule has 6 heteroatoms. The number of aldehydes is 1. The van der Waals surface area contributed by atoms with Crippen molar-refractivity contribution in [3.8, 4) is 16.9 Å². The molecule has 0 fully saturated rings. The van der Waals surface area contributed by atoms with Gasteiger partial charge in [-0.05, 0) is 41.8 Å². The molecule has 0 spiro atoms. The van der Waals surface area contributed by atoms with Gasteiger partial charge in [0.2, 0.25) is 0 Å². The number of hydrogen-bond donors (Lipinski definition) is 2. The third kappa shape index (κ3) is 5.36. The molecule has 0 aliphatic heterocycles. The number of nitrogens with two attached hydrogens (primary N) is 1. The molecule has 3 N–H and O–H groups in total. The molecule has 0 aromatic heterocycles. The highest BCUT2D eigenvalue weighted by molar-refractivity contribution is 6.33. The van der Waals surface area contributed by atoms with Gasteiger partial charge in [0.15, 0.2) is 17.9 Å². The van der Waals surface area contributed by atoms with Gasteiger partial charge in [0.1, 0.15) is 6.61 Å². The van der Waals surface area contributed by atoms with E-state index in [4.69, 9.17) is 22.1 Å². The van der Waals surface area contributed by atoms with Crippen molar-refractivity contribution in [1.29, 1.82) is 0 Å². The molecule has 0 saturated heterocycles. The summed E-state index contributed by atoms with van der Waals surface area (Å²) in [5.41, 5.74) is 8.56. The van der Waals surface area contributed by atoms with Crippen molar-refractivity contribution in [3.05, 3.63) is 88.2 Å². The van der Waals surface area contributed by atoms with Crippen LogP contribution < -0.4 is 10.5 Å². The number of aliphatic hydroxyl groups excluding tert-OH is 1. The molecular formula is C26H27ClFNO3. The first-order chi connectivity index (χ1) is 15.5. The molecular weight excluding hydrogens is 429 g/mol. The number of ether oxygens (including phenoxy) is 1. The Labute approximate surface area is 192 Å². The number of hydrogen-bond acceptors (Lipinski definition) is 4. The van der Waals surface area contributed by atoms with Crippen molar-refractivity contribution >= 4 is 17.9 Å². The van der Waals surface area contributed by atoms with Gasteiger partial charge in [-0.2, -0.15) is 0 Å². The monoisotopic (exact) mass is 455 g/mol. The Morgan fingerprint density at radius 2 is 1.88 bits per heavy atom. The number of carbonyl (C=O) groups excluding carboxylic acids is 1. The molecule has 4 nitrogen and oxygen atoms in total. The largest absolute Gasteiger partial charge is 0.488 e. The minimum atomic E-state index is -0.698. The van der Waals surface area contributed by atoms with E-state index in [1.165, 1.54) is 12.1 Å². The van der Waals surface area contributed by atoms with Crippen LogP contribution in [0.3, 0.4) is 0 Å². The number of rotatable bonds is 10. The van der Waals surface area contributed by atoms with Crippen molar-refractivity contribution in [3.63, 3.8) is 0 Å². The normalized spacial score (nSPS) is 12.9. The number of halogens is 2. The average Bonchev–Trinajstić information content (AvgIpc) is 2.80. The Hall–Kier alpha value is -2.73. The third-order valence-electron chi connectivity index (χ3n) is 5.42. The molecule has 2 atom stereocenters. The van der Waals surface area contributed by atoms with Crippen LogP contribution in [0.5, 0.6) is 5.75 Å². The lowest BCUT2D eigenvalue weighted by Gasteiger charge is -2.19. The molecule has 0 radical (unpaired) electrons. The zero-order valence-corrected chi connectivity index (χ0v) is 18.7. The Bertz CT molecular complexity index is 1060. The summed E-state index contributed by atoms with van der Waals surface area (Å²) >= 11 is 6.45. The molecule has 3 rings (SSSR count). The lowest BCUT2D eigenvalue weighted by molar-refractivity contribution is 0.0972. The number of benzene rings is 3. The van der Waals surface area contributed by atoms with Gasteiger partial charge in [0.05, 0.1) is 6.10 Å². The van der Waals surface area contributed by atoms with Crippen LogP contribution in [0.25, 0.3) is 11.1 Å². The zero-order valence-electron chi connectivity index (χ0n) is 17.9. The third-order valence-corrected chi connectivity index (χ3v) is 5.75. The van der Waals surface area contributed by atoms with E-state index in [0.29, 0.717) is 29.8 Å². The van der Waals surface area contributed by atoms with Gasteiger partial charge in [0, 0.05) is 34.2 Å². The van der Waals surface area contributed by atoms with Crippen LogP contribution in [0.2, 0.25) is 5.02 Å². The SMILES string of the molecule is CCCC(O)COc1ccc(C=O)c(-c2cc(C(CN)c3ccccc3)ccc2Cl)c1F. The lowest BCUT2D eigenvalue weighted by Crippen LogP contribution is -2.17.